The Balaban J connectivity index is 1.29. The lowest BCUT2D eigenvalue weighted by molar-refractivity contribution is 0.0159. The highest BCUT2D eigenvalue weighted by atomic mass is 19.1. The number of amides is 1. The minimum absolute atomic E-state index is 0.0214. The van der Waals surface area contributed by atoms with Gasteiger partial charge < -0.3 is 24.2 Å². The molecule has 3 aromatic rings. The van der Waals surface area contributed by atoms with Crippen molar-refractivity contribution in [2.75, 3.05) is 42.6 Å². The van der Waals surface area contributed by atoms with Crippen LogP contribution in [-0.4, -0.2) is 76.4 Å². The van der Waals surface area contributed by atoms with Gasteiger partial charge in [0.1, 0.15) is 23.7 Å². The van der Waals surface area contributed by atoms with Gasteiger partial charge in [0.2, 0.25) is 0 Å². The number of aromatic nitrogens is 3. The maximum absolute atomic E-state index is 15.0. The standard InChI is InChI=1S/C31H38F2N6O3/c1-19(2)38-11-12-41-29-24(32)13-21(14-26(29)38)28-25(33)17-35-27(36-28)15-22-7-8-23(16-34-22)37-9-10-39(20(3)18-37)30(40)42-31(4,5)6/h7-8,13-14,16-17,19-20H,9-12,15,18H2,1-6H3. The van der Waals surface area contributed by atoms with Crippen LogP contribution in [0, 0.1) is 11.6 Å². The largest absolute Gasteiger partial charge is 0.486 e. The van der Waals surface area contributed by atoms with Crippen LogP contribution in [0.1, 0.15) is 53.1 Å². The van der Waals surface area contributed by atoms with E-state index in [1.807, 2.05) is 58.6 Å². The summed E-state index contributed by atoms with van der Waals surface area (Å²) >= 11 is 0. The first-order valence-electron chi connectivity index (χ1n) is 14.3. The molecular formula is C31H38F2N6O3. The lowest BCUT2D eigenvalue weighted by Crippen LogP contribution is -2.55. The summed E-state index contributed by atoms with van der Waals surface area (Å²) in [4.78, 5) is 31.8. The van der Waals surface area contributed by atoms with Crippen molar-refractivity contribution in [3.8, 4) is 17.0 Å². The van der Waals surface area contributed by atoms with Gasteiger partial charge in [0.15, 0.2) is 17.4 Å². The first-order valence-corrected chi connectivity index (χ1v) is 14.3. The van der Waals surface area contributed by atoms with E-state index in [0.717, 1.165) is 11.9 Å². The topological polar surface area (TPSA) is 83.9 Å². The van der Waals surface area contributed by atoms with Gasteiger partial charge in [-0.25, -0.2) is 23.5 Å². The molecule has 1 unspecified atom stereocenters. The molecule has 1 amide bonds. The number of benzene rings is 1. The zero-order chi connectivity index (χ0) is 30.2. The van der Waals surface area contributed by atoms with Gasteiger partial charge >= 0.3 is 6.09 Å². The quantitative estimate of drug-likeness (QED) is 0.394. The molecule has 4 heterocycles. The van der Waals surface area contributed by atoms with Crippen LogP contribution in [-0.2, 0) is 11.2 Å². The van der Waals surface area contributed by atoms with Crippen molar-refractivity contribution in [2.24, 2.45) is 0 Å². The Bertz CT molecular complexity index is 1440. The summed E-state index contributed by atoms with van der Waals surface area (Å²) in [6.45, 7) is 14.5. The third-order valence-electron chi connectivity index (χ3n) is 7.37. The molecule has 1 atom stereocenters. The minimum Gasteiger partial charge on any atom is -0.486 e. The van der Waals surface area contributed by atoms with Crippen LogP contribution in [0.3, 0.4) is 0 Å². The van der Waals surface area contributed by atoms with Crippen molar-refractivity contribution in [1.29, 1.82) is 0 Å². The number of ether oxygens (including phenoxy) is 2. The summed E-state index contributed by atoms with van der Waals surface area (Å²) in [5.74, 6) is -0.626. The van der Waals surface area contributed by atoms with Crippen molar-refractivity contribution in [3.63, 3.8) is 0 Å². The first-order chi connectivity index (χ1) is 19.9. The number of carbonyl (C=O) groups is 1. The molecule has 42 heavy (non-hydrogen) atoms. The third kappa shape index (κ3) is 6.39. The molecule has 11 heteroatoms. The SMILES string of the molecule is CC1CN(c2ccc(Cc3ncc(F)c(-c4cc(F)c5c(c4)N(C(C)C)CCO5)n3)nc2)CCN1C(=O)OC(C)(C)C. The van der Waals surface area contributed by atoms with Gasteiger partial charge in [-0.3, -0.25) is 4.98 Å². The van der Waals surface area contributed by atoms with Gasteiger partial charge in [-0.1, -0.05) is 0 Å². The average Bonchev–Trinajstić information content (AvgIpc) is 2.93. The Morgan fingerprint density at radius 1 is 1.10 bits per heavy atom. The molecule has 0 aliphatic carbocycles. The molecule has 2 aliphatic heterocycles. The van der Waals surface area contributed by atoms with Crippen LogP contribution in [0.15, 0.2) is 36.7 Å². The smallest absolute Gasteiger partial charge is 0.410 e. The maximum atomic E-state index is 15.0. The van der Waals surface area contributed by atoms with Crippen molar-refractivity contribution in [2.45, 2.75) is 65.6 Å². The van der Waals surface area contributed by atoms with E-state index in [-0.39, 0.29) is 36.0 Å². The number of piperazine rings is 1. The van der Waals surface area contributed by atoms with Gasteiger partial charge in [-0.05, 0) is 65.8 Å². The maximum Gasteiger partial charge on any atom is 0.410 e. The second-order valence-electron chi connectivity index (χ2n) is 12.1. The number of pyridine rings is 1. The Labute approximate surface area is 245 Å². The monoisotopic (exact) mass is 580 g/mol. The first kappa shape index (κ1) is 29.5. The Morgan fingerprint density at radius 2 is 1.88 bits per heavy atom. The lowest BCUT2D eigenvalue weighted by atomic mass is 10.1. The zero-order valence-corrected chi connectivity index (χ0v) is 25.0. The average molecular weight is 581 g/mol. The normalized spacial score (nSPS) is 17.3. The predicted octanol–water partition coefficient (Wildman–Crippen LogP) is 5.46. The van der Waals surface area contributed by atoms with Crippen molar-refractivity contribution >= 4 is 17.5 Å². The van der Waals surface area contributed by atoms with Gasteiger partial charge in [0, 0.05) is 43.0 Å². The minimum atomic E-state index is -0.631. The van der Waals surface area contributed by atoms with Crippen LogP contribution in [0.4, 0.5) is 25.0 Å². The number of carbonyl (C=O) groups excluding carboxylic acids is 1. The van der Waals surface area contributed by atoms with Crippen molar-refractivity contribution < 1.29 is 23.0 Å². The van der Waals surface area contributed by atoms with Crippen LogP contribution in [0.5, 0.6) is 5.75 Å². The summed E-state index contributed by atoms with van der Waals surface area (Å²) in [6.07, 6.45) is 2.89. The van der Waals surface area contributed by atoms with Crippen molar-refractivity contribution in [3.05, 3.63) is 59.8 Å². The number of fused-ring (bicyclic) bond motifs is 1. The van der Waals surface area contributed by atoms with Gasteiger partial charge in [-0.2, -0.15) is 0 Å². The second kappa shape index (κ2) is 11.7. The molecule has 0 bridgehead atoms. The highest BCUT2D eigenvalue weighted by molar-refractivity contribution is 5.72. The fraction of sp³-hybridized carbons (Fsp3) is 0.484. The number of hydrogen-bond donors (Lipinski definition) is 0. The molecular weight excluding hydrogens is 542 g/mol. The molecule has 1 saturated heterocycles. The Hall–Kier alpha value is -4.02. The molecule has 2 aromatic heterocycles. The van der Waals surface area contributed by atoms with E-state index in [9.17, 15) is 9.18 Å². The molecule has 9 nitrogen and oxygen atoms in total. The number of hydrogen-bond acceptors (Lipinski definition) is 8. The number of nitrogens with zero attached hydrogens (tertiary/aromatic N) is 6. The molecule has 0 N–H and O–H groups in total. The molecule has 2 aliphatic rings. The van der Waals surface area contributed by atoms with Crippen LogP contribution in [0.2, 0.25) is 0 Å². The molecule has 1 fully saturated rings. The highest BCUT2D eigenvalue weighted by Gasteiger charge is 2.31. The van der Waals surface area contributed by atoms with E-state index in [1.54, 1.807) is 17.2 Å². The number of halogens is 2. The highest BCUT2D eigenvalue weighted by Crippen LogP contribution is 2.39. The summed E-state index contributed by atoms with van der Waals surface area (Å²) in [6, 6.07) is 6.95. The van der Waals surface area contributed by atoms with Crippen LogP contribution < -0.4 is 14.5 Å². The fourth-order valence-corrected chi connectivity index (χ4v) is 5.32. The molecule has 0 spiro atoms. The number of anilines is 2. The lowest BCUT2D eigenvalue weighted by Gasteiger charge is -2.41. The third-order valence-corrected chi connectivity index (χ3v) is 7.37. The predicted molar refractivity (Wildman–Crippen MR) is 157 cm³/mol. The summed E-state index contributed by atoms with van der Waals surface area (Å²) in [5.41, 5.74) is 2.06. The zero-order valence-electron chi connectivity index (χ0n) is 25.0. The summed E-state index contributed by atoms with van der Waals surface area (Å²) < 4.78 is 41.1. The Morgan fingerprint density at radius 3 is 2.55 bits per heavy atom. The Kier molecular flexibility index (Phi) is 8.21. The van der Waals surface area contributed by atoms with E-state index in [0.29, 0.717) is 55.6 Å². The molecule has 0 radical (unpaired) electrons. The van der Waals surface area contributed by atoms with Gasteiger partial charge in [0.25, 0.3) is 0 Å². The number of rotatable bonds is 5. The molecule has 224 valence electrons. The van der Waals surface area contributed by atoms with Gasteiger partial charge in [0.05, 0.1) is 36.7 Å². The van der Waals surface area contributed by atoms with E-state index in [1.165, 1.54) is 6.07 Å². The molecule has 1 aromatic carbocycles. The summed E-state index contributed by atoms with van der Waals surface area (Å²) in [5, 5.41) is 0. The van der Waals surface area contributed by atoms with Crippen LogP contribution in [0.25, 0.3) is 11.3 Å². The van der Waals surface area contributed by atoms with Gasteiger partial charge in [-0.15, -0.1) is 0 Å². The molecule has 5 rings (SSSR count). The fourth-order valence-electron chi connectivity index (χ4n) is 5.32. The van der Waals surface area contributed by atoms with E-state index in [2.05, 4.69) is 19.9 Å². The second-order valence-corrected chi connectivity index (χ2v) is 12.1. The van der Waals surface area contributed by atoms with E-state index >= 15 is 4.39 Å². The van der Waals surface area contributed by atoms with E-state index < -0.39 is 17.2 Å². The van der Waals surface area contributed by atoms with Crippen LogP contribution >= 0.6 is 0 Å². The summed E-state index contributed by atoms with van der Waals surface area (Å²) in [7, 11) is 0. The van der Waals surface area contributed by atoms with E-state index in [4.69, 9.17) is 9.47 Å². The van der Waals surface area contributed by atoms with Crippen molar-refractivity contribution in [1.82, 2.24) is 19.9 Å². The molecule has 0 saturated carbocycles.